The molecule has 0 aromatic heterocycles. The van der Waals surface area contributed by atoms with Crippen molar-refractivity contribution < 1.29 is 11.0 Å². The minimum atomic E-state index is -0.219. The van der Waals surface area contributed by atoms with E-state index in [2.05, 4.69) is 19.2 Å². The van der Waals surface area contributed by atoms with Crippen LogP contribution in [0.1, 0.15) is 113 Å². The summed E-state index contributed by atoms with van der Waals surface area (Å²) in [5.41, 5.74) is 0. The first-order valence-electron chi connectivity index (χ1n) is 11.3. The van der Waals surface area contributed by atoms with Gasteiger partial charge in [0.1, 0.15) is 6.04 Å². The topological polar surface area (TPSA) is 49.4 Å². The second-order valence-electron chi connectivity index (χ2n) is 7.11. The van der Waals surface area contributed by atoms with E-state index in [9.17, 15) is 9.59 Å². The van der Waals surface area contributed by atoms with Crippen LogP contribution in [0.5, 0.6) is 0 Å². The minimum Gasteiger partial charge on any atom is -0.354 e. The zero-order chi connectivity index (χ0) is 19.6. The van der Waals surface area contributed by atoms with Crippen LogP contribution in [-0.4, -0.2) is 35.8 Å². The molecule has 1 unspecified atom stereocenters. The van der Waals surface area contributed by atoms with E-state index in [1.165, 1.54) is 44.9 Å². The number of rotatable bonds is 13. The smallest absolute Gasteiger partial charge is 0.242 e. The fourth-order valence-corrected chi connectivity index (χ4v) is 3.42. The molecule has 4 nitrogen and oxygen atoms in total. The Morgan fingerprint density at radius 1 is 0.923 bits per heavy atom. The number of unbranched alkanes of at least 4 members (excludes halogenated alkanes) is 8. The summed E-state index contributed by atoms with van der Waals surface area (Å²) in [6.07, 6.45) is 14.2. The van der Waals surface area contributed by atoms with E-state index in [0.717, 1.165) is 45.2 Å². The van der Waals surface area contributed by atoms with E-state index >= 15 is 0 Å². The molecule has 1 rings (SSSR count). The van der Waals surface area contributed by atoms with Gasteiger partial charge in [0.15, 0.2) is 0 Å². The molecule has 1 fully saturated rings. The average molecular weight is 371 g/mol. The largest absolute Gasteiger partial charge is 0.354 e. The summed E-state index contributed by atoms with van der Waals surface area (Å²) in [4.78, 5) is 26.6. The number of nitrogens with one attached hydrogen (secondary N) is 1. The third-order valence-corrected chi connectivity index (χ3v) is 4.95. The molecule has 1 heterocycles. The molecule has 0 spiro atoms. The van der Waals surface area contributed by atoms with Crippen molar-refractivity contribution in [2.24, 2.45) is 0 Å². The highest BCUT2D eigenvalue weighted by atomic mass is 16.2. The van der Waals surface area contributed by atoms with E-state index in [0.29, 0.717) is 6.42 Å². The normalized spacial score (nSPS) is 16.2. The van der Waals surface area contributed by atoms with Crippen LogP contribution in [0.4, 0.5) is 0 Å². The lowest BCUT2D eigenvalue weighted by molar-refractivity contribution is -0.138. The van der Waals surface area contributed by atoms with Gasteiger partial charge in [-0.25, -0.2) is 0 Å². The van der Waals surface area contributed by atoms with Crippen LogP contribution in [0.15, 0.2) is 0 Å². The van der Waals surface area contributed by atoms with Crippen LogP contribution in [0, 0.1) is 0 Å². The number of amides is 2. The molecule has 0 aliphatic carbocycles. The molecule has 0 aromatic carbocycles. The molecule has 0 aromatic rings. The number of hydrogen-bond acceptors (Lipinski definition) is 2. The fourth-order valence-electron chi connectivity index (χ4n) is 3.42. The van der Waals surface area contributed by atoms with E-state index in [-0.39, 0.29) is 19.3 Å². The highest BCUT2D eigenvalue weighted by Crippen LogP contribution is 2.19. The summed E-state index contributed by atoms with van der Waals surface area (Å²) in [7, 11) is 0. The Morgan fingerprint density at radius 3 is 2.15 bits per heavy atom. The maximum absolute atomic E-state index is 12.4. The second-order valence-corrected chi connectivity index (χ2v) is 7.11. The van der Waals surface area contributed by atoms with Gasteiger partial charge in [0.05, 0.1) is 0 Å². The zero-order valence-corrected chi connectivity index (χ0v) is 17.9. The van der Waals surface area contributed by atoms with Crippen LogP contribution in [-0.2, 0) is 9.59 Å². The van der Waals surface area contributed by atoms with Crippen molar-refractivity contribution in [2.45, 2.75) is 117 Å². The Kier molecular flexibility index (Phi) is 16.7. The van der Waals surface area contributed by atoms with Crippen LogP contribution >= 0.6 is 0 Å². The van der Waals surface area contributed by atoms with Gasteiger partial charge in [0, 0.05) is 20.9 Å². The maximum atomic E-state index is 12.4. The maximum Gasteiger partial charge on any atom is 0.242 e. The van der Waals surface area contributed by atoms with Gasteiger partial charge in [-0.1, -0.05) is 79.1 Å². The lowest BCUT2D eigenvalue weighted by atomic mass is 10.1. The van der Waals surface area contributed by atoms with Crippen LogP contribution in [0.2, 0.25) is 0 Å². The van der Waals surface area contributed by atoms with Crippen molar-refractivity contribution in [3.05, 3.63) is 0 Å². The van der Waals surface area contributed by atoms with Gasteiger partial charge in [-0.15, -0.1) is 0 Å². The van der Waals surface area contributed by atoms with E-state index in [1.807, 2.05) is 18.7 Å². The number of carbonyl (C=O) groups is 2. The number of likely N-dealkylation sites (tertiary alicyclic amines) is 1. The molecule has 0 saturated carbocycles. The van der Waals surface area contributed by atoms with Crippen molar-refractivity contribution in [3.63, 3.8) is 0 Å². The van der Waals surface area contributed by atoms with Crippen molar-refractivity contribution in [2.75, 3.05) is 13.1 Å². The third kappa shape index (κ3) is 10.8. The molecule has 1 saturated heterocycles. The monoisotopic (exact) mass is 370 g/mol. The fraction of sp³-hybridized carbons (Fsp3) is 0.909. The molecular formula is C22H46N2O2. The Hall–Kier alpha value is -1.06. The first kappa shape index (κ1) is 24.9. The SMILES string of the molecule is CC.CCCCCCCCC(=O)N1CCCC1C(=O)NCCCCCC.[HH]. The summed E-state index contributed by atoms with van der Waals surface area (Å²) in [6.45, 7) is 9.90. The Morgan fingerprint density at radius 2 is 1.50 bits per heavy atom. The van der Waals surface area contributed by atoms with Gasteiger partial charge in [-0.05, 0) is 25.7 Å². The quantitative estimate of drug-likeness (QED) is 0.423. The molecule has 2 amide bonds. The van der Waals surface area contributed by atoms with E-state index in [4.69, 9.17) is 0 Å². The Balaban J connectivity index is 0. The predicted molar refractivity (Wildman–Crippen MR) is 113 cm³/mol. The Labute approximate surface area is 164 Å². The highest BCUT2D eigenvalue weighted by Gasteiger charge is 2.33. The van der Waals surface area contributed by atoms with Crippen molar-refractivity contribution >= 4 is 11.8 Å². The van der Waals surface area contributed by atoms with Crippen molar-refractivity contribution in [1.82, 2.24) is 10.2 Å². The lowest BCUT2D eigenvalue weighted by Gasteiger charge is -2.24. The number of carbonyl (C=O) groups excluding carboxylic acids is 2. The number of hydrogen-bond donors (Lipinski definition) is 1. The molecule has 1 aliphatic heterocycles. The van der Waals surface area contributed by atoms with Gasteiger partial charge < -0.3 is 10.2 Å². The molecule has 1 N–H and O–H groups in total. The summed E-state index contributed by atoms with van der Waals surface area (Å²) in [6, 6.07) is -0.219. The molecule has 0 bridgehead atoms. The van der Waals surface area contributed by atoms with Gasteiger partial charge in [0.25, 0.3) is 0 Å². The summed E-state index contributed by atoms with van der Waals surface area (Å²) >= 11 is 0. The average Bonchev–Trinajstić information content (AvgIpc) is 3.16. The van der Waals surface area contributed by atoms with Crippen molar-refractivity contribution in [1.29, 1.82) is 0 Å². The van der Waals surface area contributed by atoms with Gasteiger partial charge in [0.2, 0.25) is 11.8 Å². The first-order valence-corrected chi connectivity index (χ1v) is 11.3. The summed E-state index contributed by atoms with van der Waals surface area (Å²) in [5, 5.41) is 3.03. The van der Waals surface area contributed by atoms with E-state index in [1.54, 1.807) is 0 Å². The molecule has 156 valence electrons. The van der Waals surface area contributed by atoms with Crippen LogP contribution in [0.3, 0.4) is 0 Å². The first-order chi connectivity index (χ1) is 12.7. The molecular weight excluding hydrogens is 324 g/mol. The second kappa shape index (κ2) is 17.4. The standard InChI is InChI=1S/C20H38N2O2.C2H6.H2/c1-3-5-7-9-10-11-15-19(23)22-17-13-14-18(22)20(24)21-16-12-8-6-4-2;1-2;/h18H,3-17H2,1-2H3,(H,21,24);1-2H3;1H. The molecule has 26 heavy (non-hydrogen) atoms. The lowest BCUT2D eigenvalue weighted by Crippen LogP contribution is -2.46. The van der Waals surface area contributed by atoms with Gasteiger partial charge in [-0.2, -0.15) is 0 Å². The third-order valence-electron chi connectivity index (χ3n) is 4.95. The van der Waals surface area contributed by atoms with Crippen molar-refractivity contribution in [3.8, 4) is 0 Å². The van der Waals surface area contributed by atoms with E-state index < -0.39 is 0 Å². The predicted octanol–water partition coefficient (Wildman–Crippen LogP) is 5.70. The molecule has 0 radical (unpaired) electrons. The van der Waals surface area contributed by atoms with Crippen LogP contribution < -0.4 is 5.32 Å². The van der Waals surface area contributed by atoms with Gasteiger partial charge in [-0.3, -0.25) is 9.59 Å². The Bertz CT molecular complexity index is 364. The summed E-state index contributed by atoms with van der Waals surface area (Å²) in [5.74, 6) is 0.231. The van der Waals surface area contributed by atoms with Gasteiger partial charge >= 0.3 is 0 Å². The number of nitrogens with zero attached hydrogens (tertiary/aromatic N) is 1. The highest BCUT2D eigenvalue weighted by molar-refractivity contribution is 5.88. The molecule has 4 heteroatoms. The minimum absolute atomic E-state index is 0. The molecule has 1 aliphatic rings. The van der Waals surface area contributed by atoms with Crippen LogP contribution in [0.25, 0.3) is 0 Å². The zero-order valence-electron chi connectivity index (χ0n) is 17.9. The summed E-state index contributed by atoms with van der Waals surface area (Å²) < 4.78 is 0. The molecule has 1 atom stereocenters.